The lowest BCUT2D eigenvalue weighted by molar-refractivity contribution is 0.288. The zero-order valence-electron chi connectivity index (χ0n) is 12.3. The van der Waals surface area contributed by atoms with E-state index in [1.807, 2.05) is 30.3 Å². The van der Waals surface area contributed by atoms with Gasteiger partial charge in [0.1, 0.15) is 0 Å². The largest absolute Gasteiger partial charge is 0.396 e. The maximum atomic E-state index is 8.85. The summed E-state index contributed by atoms with van der Waals surface area (Å²) in [5.74, 6) is 0. The lowest BCUT2D eigenvalue weighted by Crippen LogP contribution is -1.95. The molecule has 3 heteroatoms. The molecule has 0 radical (unpaired) electrons. The van der Waals surface area contributed by atoms with Gasteiger partial charge in [0.25, 0.3) is 0 Å². The van der Waals surface area contributed by atoms with Crippen LogP contribution in [0.4, 0.5) is 0 Å². The summed E-state index contributed by atoms with van der Waals surface area (Å²) in [6.45, 7) is 0.183. The van der Waals surface area contributed by atoms with Crippen LogP contribution in [-0.2, 0) is 6.42 Å². The number of hydrogen-bond donors (Lipinski definition) is 1. The van der Waals surface area contributed by atoms with Crippen molar-refractivity contribution < 1.29 is 5.11 Å². The van der Waals surface area contributed by atoms with Gasteiger partial charge in [-0.25, -0.2) is 0 Å². The molecule has 0 atom stereocenters. The Morgan fingerprint density at radius 3 is 2.27 bits per heavy atom. The Balaban J connectivity index is 1.86. The van der Waals surface area contributed by atoms with Gasteiger partial charge in [-0.1, -0.05) is 48.5 Å². The molecular formula is C19H18N2O. The number of aliphatic hydroxyl groups is 1. The van der Waals surface area contributed by atoms with E-state index in [1.54, 1.807) is 12.4 Å². The van der Waals surface area contributed by atoms with Crippen molar-refractivity contribution in [3.05, 3.63) is 72.7 Å². The van der Waals surface area contributed by atoms with E-state index in [-0.39, 0.29) is 6.61 Å². The predicted molar refractivity (Wildman–Crippen MR) is 88.3 cm³/mol. The van der Waals surface area contributed by atoms with E-state index >= 15 is 0 Å². The van der Waals surface area contributed by atoms with Crippen molar-refractivity contribution in [2.24, 2.45) is 0 Å². The van der Waals surface area contributed by atoms with Gasteiger partial charge in [-0.3, -0.25) is 9.97 Å². The van der Waals surface area contributed by atoms with Gasteiger partial charge in [-0.2, -0.15) is 0 Å². The van der Waals surface area contributed by atoms with Crippen LogP contribution in [0.3, 0.4) is 0 Å². The first kappa shape index (κ1) is 14.4. The van der Waals surface area contributed by atoms with Crippen LogP contribution < -0.4 is 0 Å². The van der Waals surface area contributed by atoms with Crippen LogP contribution in [0.5, 0.6) is 0 Å². The highest BCUT2D eigenvalue weighted by Crippen LogP contribution is 2.24. The number of aryl methyl sites for hydroxylation is 1. The van der Waals surface area contributed by atoms with Crippen LogP contribution in [-0.4, -0.2) is 21.7 Å². The summed E-state index contributed by atoms with van der Waals surface area (Å²) < 4.78 is 0. The average molecular weight is 290 g/mol. The molecule has 0 bridgehead atoms. The summed E-state index contributed by atoms with van der Waals surface area (Å²) in [7, 11) is 0. The molecule has 2 aromatic carbocycles. The number of hydrogen-bond acceptors (Lipinski definition) is 3. The molecule has 3 aromatic rings. The summed E-state index contributed by atoms with van der Waals surface area (Å²) >= 11 is 0. The molecule has 0 aliphatic rings. The fourth-order valence-corrected chi connectivity index (χ4v) is 2.38. The van der Waals surface area contributed by atoms with Gasteiger partial charge in [-0.05, 0) is 30.0 Å². The Morgan fingerprint density at radius 2 is 1.55 bits per heavy atom. The molecule has 0 saturated heterocycles. The minimum atomic E-state index is 0.183. The fourth-order valence-electron chi connectivity index (χ4n) is 2.38. The molecule has 0 fully saturated rings. The van der Waals surface area contributed by atoms with E-state index in [4.69, 9.17) is 5.11 Å². The third-order valence-corrected chi connectivity index (χ3v) is 3.56. The smallest absolute Gasteiger partial charge is 0.0885 e. The maximum Gasteiger partial charge on any atom is 0.0885 e. The molecule has 1 N–H and O–H groups in total. The SMILES string of the molecule is OCCCc1cnc(-c2cccc(-c3ccccc3)c2)cn1. The van der Waals surface area contributed by atoms with Crippen LogP contribution in [0.2, 0.25) is 0 Å². The Bertz CT molecular complexity index is 724. The highest BCUT2D eigenvalue weighted by molar-refractivity contribution is 5.70. The Morgan fingerprint density at radius 1 is 0.773 bits per heavy atom. The molecule has 1 aromatic heterocycles. The molecule has 110 valence electrons. The van der Waals surface area contributed by atoms with Crippen molar-refractivity contribution in [1.82, 2.24) is 9.97 Å². The van der Waals surface area contributed by atoms with Gasteiger partial charge in [0.2, 0.25) is 0 Å². The molecule has 0 unspecified atom stereocenters. The van der Waals surface area contributed by atoms with E-state index in [2.05, 4.69) is 34.2 Å². The van der Waals surface area contributed by atoms with Crippen molar-refractivity contribution in [3.63, 3.8) is 0 Å². The van der Waals surface area contributed by atoms with Gasteiger partial charge >= 0.3 is 0 Å². The fraction of sp³-hybridized carbons (Fsp3) is 0.158. The van der Waals surface area contributed by atoms with Gasteiger partial charge in [-0.15, -0.1) is 0 Å². The predicted octanol–water partition coefficient (Wildman–Crippen LogP) is 3.74. The molecule has 0 aliphatic heterocycles. The lowest BCUT2D eigenvalue weighted by atomic mass is 10.0. The number of benzene rings is 2. The molecule has 22 heavy (non-hydrogen) atoms. The van der Waals surface area contributed by atoms with Crippen molar-refractivity contribution >= 4 is 0 Å². The highest BCUT2D eigenvalue weighted by Gasteiger charge is 2.03. The third kappa shape index (κ3) is 3.38. The van der Waals surface area contributed by atoms with E-state index in [0.29, 0.717) is 0 Å². The first-order valence-electron chi connectivity index (χ1n) is 7.44. The average Bonchev–Trinajstić information content (AvgIpc) is 2.61. The second-order valence-corrected chi connectivity index (χ2v) is 5.17. The monoisotopic (exact) mass is 290 g/mol. The molecule has 0 aliphatic carbocycles. The highest BCUT2D eigenvalue weighted by atomic mass is 16.2. The zero-order valence-corrected chi connectivity index (χ0v) is 12.3. The summed E-state index contributed by atoms with van der Waals surface area (Å²) in [4.78, 5) is 8.91. The molecule has 0 spiro atoms. The van der Waals surface area contributed by atoms with Crippen molar-refractivity contribution in [2.75, 3.05) is 6.61 Å². The number of rotatable bonds is 5. The summed E-state index contributed by atoms with van der Waals surface area (Å²) in [5, 5.41) is 8.85. The van der Waals surface area contributed by atoms with Gasteiger partial charge in [0.05, 0.1) is 17.6 Å². The van der Waals surface area contributed by atoms with Gasteiger partial charge < -0.3 is 5.11 Å². The van der Waals surface area contributed by atoms with E-state index in [0.717, 1.165) is 29.8 Å². The van der Waals surface area contributed by atoms with Crippen LogP contribution in [0.25, 0.3) is 22.4 Å². The first-order chi connectivity index (χ1) is 10.9. The Hall–Kier alpha value is -2.52. The number of aliphatic hydroxyl groups excluding tert-OH is 1. The molecule has 0 saturated carbocycles. The Labute approximate surface area is 130 Å². The molecular weight excluding hydrogens is 272 g/mol. The summed E-state index contributed by atoms with van der Waals surface area (Å²) in [6, 6.07) is 18.6. The molecule has 3 rings (SSSR count). The van der Waals surface area contributed by atoms with Crippen LogP contribution in [0, 0.1) is 0 Å². The van der Waals surface area contributed by atoms with Crippen molar-refractivity contribution in [3.8, 4) is 22.4 Å². The van der Waals surface area contributed by atoms with E-state index < -0.39 is 0 Å². The maximum absolute atomic E-state index is 8.85. The van der Waals surface area contributed by atoms with Crippen LogP contribution >= 0.6 is 0 Å². The summed E-state index contributed by atoms with van der Waals surface area (Å²) in [5.41, 5.74) is 5.20. The van der Waals surface area contributed by atoms with Crippen LogP contribution in [0.1, 0.15) is 12.1 Å². The minimum absolute atomic E-state index is 0.183. The minimum Gasteiger partial charge on any atom is -0.396 e. The van der Waals surface area contributed by atoms with Crippen molar-refractivity contribution in [1.29, 1.82) is 0 Å². The second-order valence-electron chi connectivity index (χ2n) is 5.17. The van der Waals surface area contributed by atoms with Crippen molar-refractivity contribution in [2.45, 2.75) is 12.8 Å². The molecule has 3 nitrogen and oxygen atoms in total. The van der Waals surface area contributed by atoms with Crippen LogP contribution in [0.15, 0.2) is 67.0 Å². The van der Waals surface area contributed by atoms with E-state index in [1.165, 1.54) is 11.1 Å². The standard InChI is InChI=1S/C19H18N2O/c22-11-5-10-18-13-21-19(14-20-18)17-9-4-8-16(12-17)15-6-2-1-3-7-15/h1-4,6-9,12-14,22H,5,10-11H2. The Kier molecular flexibility index (Phi) is 4.56. The topological polar surface area (TPSA) is 46.0 Å². The number of aromatic nitrogens is 2. The first-order valence-corrected chi connectivity index (χ1v) is 7.44. The molecule has 1 heterocycles. The molecule has 0 amide bonds. The summed E-state index contributed by atoms with van der Waals surface area (Å²) in [6.07, 6.45) is 5.07. The zero-order chi connectivity index (χ0) is 15.2. The third-order valence-electron chi connectivity index (χ3n) is 3.56. The lowest BCUT2D eigenvalue weighted by Gasteiger charge is -2.06. The normalized spacial score (nSPS) is 10.6. The number of nitrogens with zero attached hydrogens (tertiary/aromatic N) is 2. The van der Waals surface area contributed by atoms with E-state index in [9.17, 15) is 0 Å². The van der Waals surface area contributed by atoms with Gasteiger partial charge in [0, 0.05) is 18.4 Å². The second kappa shape index (κ2) is 6.96. The quantitative estimate of drug-likeness (QED) is 0.778. The van der Waals surface area contributed by atoms with Gasteiger partial charge in [0.15, 0.2) is 0 Å².